The molecule has 18 heteroatoms. The predicted octanol–water partition coefficient (Wildman–Crippen LogP) is 3.48. The van der Waals surface area contributed by atoms with E-state index in [9.17, 15) is 38.4 Å². The lowest BCUT2D eigenvalue weighted by Crippen LogP contribution is -2.52. The molecule has 0 bridgehead atoms. The first-order valence-corrected chi connectivity index (χ1v) is 25.8. The van der Waals surface area contributed by atoms with Gasteiger partial charge in [0.25, 0.3) is 11.8 Å². The van der Waals surface area contributed by atoms with Crippen molar-refractivity contribution in [3.8, 4) is 11.5 Å². The fourth-order valence-electron chi connectivity index (χ4n) is 11.6. The summed E-state index contributed by atoms with van der Waals surface area (Å²) in [5, 5.41) is 4.72. The highest BCUT2D eigenvalue weighted by molar-refractivity contribution is 6.06. The van der Waals surface area contributed by atoms with Gasteiger partial charge >= 0.3 is 0 Å². The summed E-state index contributed by atoms with van der Waals surface area (Å²) in [6, 6.07) is 24.0. The largest absolute Gasteiger partial charge is 0.489 e. The Bertz CT molecular complexity index is 2950. The molecule has 384 valence electrons. The summed E-state index contributed by atoms with van der Waals surface area (Å²) in [5.74, 6) is -0.779. The minimum atomic E-state index is -0.729. The lowest BCUT2D eigenvalue weighted by atomic mass is 9.98. The number of amides is 8. The summed E-state index contributed by atoms with van der Waals surface area (Å²) < 4.78 is 12.8. The molecule has 4 aromatic rings. The van der Waals surface area contributed by atoms with Crippen LogP contribution in [0.25, 0.3) is 0 Å². The van der Waals surface area contributed by atoms with E-state index in [-0.39, 0.29) is 86.2 Å². The summed E-state index contributed by atoms with van der Waals surface area (Å²) in [4.78, 5) is 114. The van der Waals surface area contributed by atoms with Gasteiger partial charge in [-0.3, -0.25) is 58.8 Å². The van der Waals surface area contributed by atoms with Crippen molar-refractivity contribution in [1.29, 1.82) is 0 Å². The van der Waals surface area contributed by atoms with E-state index in [1.54, 1.807) is 31.2 Å². The Kier molecular flexibility index (Phi) is 13.5. The molecule has 0 aromatic heterocycles. The highest BCUT2D eigenvalue weighted by atomic mass is 16.5. The standard InChI is InChI=1S/C56H60N8O10/c1-34(65)61-22-18-60(19-23-61)29-37-12-13-38(33-74-49-7-3-5-40-45(49)31-64(56(40)72)47-15-17-51(67)58-53(47)69)41(26-37)42-27-43(42)54(70)62-24-20-59(21-25-62)28-35-8-10-36(11-9-35)32-73-48-6-2-4-39-44(48)30-63(55(39)71)46-14-16-50(66)57-52(46)68/h2-13,26,42-43,46-47H,14-25,27-33H2,1H3,(H,57,66,68)(H,58,67,69). The van der Waals surface area contributed by atoms with Crippen LogP contribution in [0.4, 0.5) is 0 Å². The first-order valence-electron chi connectivity index (χ1n) is 25.8. The highest BCUT2D eigenvalue weighted by Crippen LogP contribution is 2.50. The number of carbonyl (C=O) groups excluding carboxylic acids is 8. The van der Waals surface area contributed by atoms with Crippen LogP contribution in [0.5, 0.6) is 11.5 Å². The van der Waals surface area contributed by atoms with Gasteiger partial charge in [0, 0.05) is 113 Å². The van der Waals surface area contributed by atoms with Crippen LogP contribution in [-0.4, -0.2) is 141 Å². The number of benzene rings is 4. The van der Waals surface area contributed by atoms with Crippen LogP contribution < -0.4 is 20.1 Å². The van der Waals surface area contributed by atoms with Crippen LogP contribution in [0.3, 0.4) is 0 Å². The Morgan fingerprint density at radius 3 is 1.62 bits per heavy atom. The smallest absolute Gasteiger partial charge is 0.255 e. The molecule has 6 heterocycles. The average molecular weight is 1010 g/mol. The second-order valence-electron chi connectivity index (χ2n) is 20.6. The number of piperazine rings is 2. The second-order valence-corrected chi connectivity index (χ2v) is 20.6. The van der Waals surface area contributed by atoms with Gasteiger partial charge in [0.15, 0.2) is 0 Å². The molecular formula is C56H60N8O10. The first kappa shape index (κ1) is 48.8. The second kappa shape index (κ2) is 20.5. The van der Waals surface area contributed by atoms with Crippen LogP contribution in [0.15, 0.2) is 78.9 Å². The van der Waals surface area contributed by atoms with Crippen molar-refractivity contribution in [2.75, 3.05) is 52.4 Å². The number of hydrogen-bond acceptors (Lipinski definition) is 12. The van der Waals surface area contributed by atoms with Crippen molar-refractivity contribution in [1.82, 2.24) is 40.0 Å². The maximum absolute atomic E-state index is 14.2. The minimum Gasteiger partial charge on any atom is -0.489 e. The third-order valence-corrected chi connectivity index (χ3v) is 15.9. The maximum atomic E-state index is 14.2. The molecule has 18 nitrogen and oxygen atoms in total. The normalized spacial score (nSPS) is 23.1. The van der Waals surface area contributed by atoms with Gasteiger partial charge in [-0.05, 0) is 77.3 Å². The molecule has 0 spiro atoms. The van der Waals surface area contributed by atoms with Crippen LogP contribution in [0.1, 0.15) is 105 Å². The number of piperidine rings is 2. The van der Waals surface area contributed by atoms with E-state index < -0.39 is 23.9 Å². The van der Waals surface area contributed by atoms with Gasteiger partial charge in [-0.2, -0.15) is 0 Å². The molecule has 4 unspecified atom stereocenters. The lowest BCUT2D eigenvalue weighted by Gasteiger charge is -2.35. The number of rotatable bonds is 14. The summed E-state index contributed by atoms with van der Waals surface area (Å²) in [6.45, 7) is 9.75. The maximum Gasteiger partial charge on any atom is 0.255 e. The van der Waals surface area contributed by atoms with E-state index in [0.29, 0.717) is 67.4 Å². The number of imide groups is 2. The fraction of sp³-hybridized carbons (Fsp3) is 0.429. The molecule has 8 amide bonds. The third-order valence-electron chi connectivity index (χ3n) is 15.9. The monoisotopic (exact) mass is 1000 g/mol. The van der Waals surface area contributed by atoms with E-state index in [0.717, 1.165) is 79.1 Å². The molecule has 1 aliphatic carbocycles. The van der Waals surface area contributed by atoms with Crippen molar-refractivity contribution in [2.24, 2.45) is 5.92 Å². The summed E-state index contributed by atoms with van der Waals surface area (Å²) in [6.07, 6.45) is 1.68. The molecule has 11 rings (SSSR count). The van der Waals surface area contributed by atoms with Crippen molar-refractivity contribution in [2.45, 2.75) is 96.4 Å². The molecule has 4 atom stereocenters. The van der Waals surface area contributed by atoms with Gasteiger partial charge in [-0.1, -0.05) is 54.6 Å². The number of nitrogens with zero attached hydrogens (tertiary/aromatic N) is 6. The number of fused-ring (bicyclic) bond motifs is 2. The Hall–Kier alpha value is -7.44. The zero-order valence-electron chi connectivity index (χ0n) is 41.5. The zero-order valence-corrected chi connectivity index (χ0v) is 41.5. The van der Waals surface area contributed by atoms with E-state index in [4.69, 9.17) is 9.47 Å². The summed E-state index contributed by atoms with van der Waals surface area (Å²) in [7, 11) is 0. The molecule has 6 aliphatic heterocycles. The van der Waals surface area contributed by atoms with Crippen LogP contribution in [0.2, 0.25) is 0 Å². The van der Waals surface area contributed by atoms with Crippen LogP contribution in [0, 0.1) is 5.92 Å². The van der Waals surface area contributed by atoms with Crippen LogP contribution >= 0.6 is 0 Å². The van der Waals surface area contributed by atoms with Gasteiger partial charge in [0.1, 0.15) is 36.8 Å². The third kappa shape index (κ3) is 9.99. The van der Waals surface area contributed by atoms with Crippen LogP contribution in [-0.2, 0) is 68.2 Å². The number of ether oxygens (including phenoxy) is 2. The van der Waals surface area contributed by atoms with E-state index in [1.165, 1.54) is 9.80 Å². The average Bonchev–Trinajstić information content (AvgIpc) is 4.03. The van der Waals surface area contributed by atoms with Gasteiger partial charge in [0.2, 0.25) is 35.4 Å². The molecule has 2 N–H and O–H groups in total. The molecule has 4 saturated heterocycles. The zero-order chi connectivity index (χ0) is 51.2. The minimum absolute atomic E-state index is 0.0278. The molecule has 5 fully saturated rings. The van der Waals surface area contributed by atoms with E-state index in [1.807, 2.05) is 34.1 Å². The summed E-state index contributed by atoms with van der Waals surface area (Å²) in [5.41, 5.74) is 7.75. The number of nitrogens with one attached hydrogen (secondary N) is 2. The van der Waals surface area contributed by atoms with E-state index in [2.05, 4.69) is 50.8 Å². The molecular weight excluding hydrogens is 945 g/mol. The SMILES string of the molecule is CC(=O)N1CCN(Cc2ccc(COc3cccc4c3CN(C3CCC(=O)NC3=O)C4=O)c(C3CC3C(=O)N3CCN(Cc4ccc(COc5cccc6c5CN(C5CCC(=O)NC5=O)C6=O)cc4)CC3)c2)CC1. The topological polar surface area (TPSA) is 199 Å². The first-order chi connectivity index (χ1) is 35.8. The van der Waals surface area contributed by atoms with Crippen molar-refractivity contribution in [3.63, 3.8) is 0 Å². The van der Waals surface area contributed by atoms with E-state index >= 15 is 0 Å². The Balaban J connectivity index is 0.699. The Morgan fingerprint density at radius 2 is 1.08 bits per heavy atom. The quantitative estimate of drug-likeness (QED) is 0.175. The lowest BCUT2D eigenvalue weighted by molar-refractivity contribution is -0.138. The fourth-order valence-corrected chi connectivity index (χ4v) is 11.6. The molecule has 1 saturated carbocycles. The Labute approximate surface area is 428 Å². The number of hydrogen-bond donors (Lipinski definition) is 2. The molecule has 4 aromatic carbocycles. The van der Waals surface area contributed by atoms with Crippen molar-refractivity contribution >= 4 is 47.3 Å². The molecule has 7 aliphatic rings. The van der Waals surface area contributed by atoms with Gasteiger partial charge < -0.3 is 29.1 Å². The molecule has 74 heavy (non-hydrogen) atoms. The van der Waals surface area contributed by atoms with Gasteiger partial charge in [0.05, 0.1) is 13.1 Å². The summed E-state index contributed by atoms with van der Waals surface area (Å²) >= 11 is 0. The highest BCUT2D eigenvalue weighted by Gasteiger charge is 2.48. The number of carbonyl (C=O) groups is 8. The Morgan fingerprint density at radius 1 is 0.581 bits per heavy atom. The van der Waals surface area contributed by atoms with Crippen molar-refractivity contribution < 1.29 is 47.8 Å². The van der Waals surface area contributed by atoms with Crippen molar-refractivity contribution in [3.05, 3.63) is 129 Å². The molecule has 0 radical (unpaired) electrons. The van der Waals surface area contributed by atoms with Gasteiger partial charge in [-0.25, -0.2) is 0 Å². The van der Waals surface area contributed by atoms with Gasteiger partial charge in [-0.15, -0.1) is 0 Å². The predicted molar refractivity (Wildman–Crippen MR) is 267 cm³/mol.